The van der Waals surface area contributed by atoms with E-state index in [9.17, 15) is 14.4 Å². The van der Waals surface area contributed by atoms with Crippen LogP contribution in [-0.4, -0.2) is 22.7 Å². The zero-order chi connectivity index (χ0) is 16.6. The quantitative estimate of drug-likeness (QED) is 0.667. The molecule has 0 radical (unpaired) electrons. The minimum atomic E-state index is -0.418. The highest BCUT2D eigenvalue weighted by Crippen LogP contribution is 2.73. The van der Waals surface area contributed by atoms with Gasteiger partial charge in [-0.15, -0.1) is 0 Å². The monoisotopic (exact) mass is 322 g/mol. The van der Waals surface area contributed by atoms with E-state index in [1.54, 1.807) is 12.1 Å². The average molecular weight is 322 g/mol. The Kier molecular flexibility index (Phi) is 2.53. The molecule has 3 fully saturated rings. The molecule has 5 nitrogen and oxygen atoms in total. The van der Waals surface area contributed by atoms with E-state index in [-0.39, 0.29) is 40.9 Å². The largest absolute Gasteiger partial charge is 0.272 e. The lowest BCUT2D eigenvalue weighted by Crippen LogP contribution is -2.47. The number of imide groups is 1. The van der Waals surface area contributed by atoms with Crippen LogP contribution in [0, 0.1) is 36.0 Å². The van der Waals surface area contributed by atoms with E-state index in [1.165, 1.54) is 0 Å². The molecule has 5 heteroatoms. The van der Waals surface area contributed by atoms with Crippen LogP contribution in [0.5, 0.6) is 0 Å². The van der Waals surface area contributed by atoms with Gasteiger partial charge in [0.05, 0.1) is 11.8 Å². The van der Waals surface area contributed by atoms with Gasteiger partial charge in [-0.25, -0.2) is 0 Å². The number of allylic oxidation sites excluding steroid dienone is 2. The summed E-state index contributed by atoms with van der Waals surface area (Å²) < 4.78 is 0. The fourth-order valence-electron chi connectivity index (χ4n) is 5.06. The Morgan fingerprint density at radius 3 is 2.08 bits per heavy atom. The van der Waals surface area contributed by atoms with Gasteiger partial charge in [0.15, 0.2) is 0 Å². The lowest BCUT2D eigenvalue weighted by Gasteiger charge is -2.22. The second-order valence-corrected chi connectivity index (χ2v) is 7.54. The molecule has 4 aliphatic rings. The number of hydrazine groups is 1. The number of rotatable bonds is 2. The number of aryl methyl sites for hydroxylation is 1. The van der Waals surface area contributed by atoms with Gasteiger partial charge in [-0.2, -0.15) is 5.01 Å². The molecule has 2 saturated carbocycles. The van der Waals surface area contributed by atoms with Crippen LogP contribution in [0.4, 0.5) is 0 Å². The number of carbonyl (C=O) groups excluding carboxylic acids is 3. The van der Waals surface area contributed by atoms with Crippen LogP contribution < -0.4 is 5.43 Å². The van der Waals surface area contributed by atoms with E-state index < -0.39 is 5.91 Å². The van der Waals surface area contributed by atoms with Crippen molar-refractivity contribution in [1.29, 1.82) is 0 Å². The number of fused-ring (bicyclic) bond motifs is 3. The molecule has 1 aromatic rings. The Hall–Kier alpha value is -2.43. The van der Waals surface area contributed by atoms with Crippen LogP contribution in [0.25, 0.3) is 0 Å². The van der Waals surface area contributed by atoms with Crippen LogP contribution >= 0.6 is 0 Å². The molecule has 1 heterocycles. The maximum absolute atomic E-state index is 12.8. The first-order chi connectivity index (χ1) is 11.5. The predicted octanol–water partition coefficient (Wildman–Crippen LogP) is 1.84. The highest BCUT2D eigenvalue weighted by molar-refractivity contribution is 6.09. The number of nitrogens with zero attached hydrogens (tertiary/aromatic N) is 1. The molecule has 122 valence electrons. The van der Waals surface area contributed by atoms with Crippen molar-refractivity contribution in [3.05, 3.63) is 47.5 Å². The van der Waals surface area contributed by atoms with E-state index in [1.807, 2.05) is 19.1 Å². The van der Waals surface area contributed by atoms with Gasteiger partial charge in [-0.3, -0.25) is 19.8 Å². The lowest BCUT2D eigenvalue weighted by molar-refractivity contribution is -0.144. The summed E-state index contributed by atoms with van der Waals surface area (Å²) in [5, 5.41) is 0.972. The zero-order valence-electron chi connectivity index (χ0n) is 13.4. The van der Waals surface area contributed by atoms with E-state index >= 15 is 0 Å². The van der Waals surface area contributed by atoms with Crippen LogP contribution in [0.2, 0.25) is 0 Å². The molecular weight excluding hydrogens is 304 g/mol. The molecule has 0 unspecified atom stereocenters. The van der Waals surface area contributed by atoms with Crippen molar-refractivity contribution >= 4 is 17.7 Å². The third-order valence-corrected chi connectivity index (χ3v) is 6.38. The molecular formula is C19H18N2O3. The number of hydrogen-bond donors (Lipinski definition) is 1. The molecule has 1 saturated heterocycles. The molecule has 5 rings (SSSR count). The first-order valence-corrected chi connectivity index (χ1v) is 8.47. The van der Waals surface area contributed by atoms with Crippen LogP contribution in [0.1, 0.15) is 28.8 Å². The second-order valence-electron chi connectivity index (χ2n) is 7.54. The number of hydrogen-bond acceptors (Lipinski definition) is 3. The molecule has 1 spiro atoms. The molecule has 1 N–H and O–H groups in total. The van der Waals surface area contributed by atoms with Gasteiger partial charge >= 0.3 is 0 Å². The number of amides is 3. The third kappa shape index (κ3) is 1.57. The smallest absolute Gasteiger partial charge is 0.270 e. The summed E-state index contributed by atoms with van der Waals surface area (Å²) in [4.78, 5) is 37.9. The molecule has 1 aliphatic heterocycles. The van der Waals surface area contributed by atoms with Crippen molar-refractivity contribution in [2.24, 2.45) is 29.1 Å². The van der Waals surface area contributed by atoms with Gasteiger partial charge in [0.1, 0.15) is 0 Å². The van der Waals surface area contributed by atoms with Gasteiger partial charge in [0.2, 0.25) is 0 Å². The molecule has 3 amide bonds. The van der Waals surface area contributed by atoms with Crippen LogP contribution in [0.3, 0.4) is 0 Å². The highest BCUT2D eigenvalue weighted by Gasteiger charge is 2.73. The normalized spacial score (nSPS) is 34.1. The number of carbonyl (C=O) groups is 3. The maximum Gasteiger partial charge on any atom is 0.270 e. The average Bonchev–Trinajstić information content (AvgIpc) is 3.18. The van der Waals surface area contributed by atoms with Gasteiger partial charge in [-0.05, 0) is 49.1 Å². The Labute approximate surface area is 139 Å². The summed E-state index contributed by atoms with van der Waals surface area (Å²) in [6, 6.07) is 7.05. The van der Waals surface area contributed by atoms with Crippen molar-refractivity contribution < 1.29 is 14.4 Å². The fourth-order valence-corrected chi connectivity index (χ4v) is 5.06. The minimum absolute atomic E-state index is 0.172. The van der Waals surface area contributed by atoms with Crippen molar-refractivity contribution in [3.63, 3.8) is 0 Å². The summed E-state index contributed by atoms with van der Waals surface area (Å²) in [7, 11) is 0. The first-order valence-electron chi connectivity index (χ1n) is 8.47. The van der Waals surface area contributed by atoms with Crippen LogP contribution in [0.15, 0.2) is 36.4 Å². The topological polar surface area (TPSA) is 66.5 Å². The van der Waals surface area contributed by atoms with Gasteiger partial charge in [-0.1, -0.05) is 29.8 Å². The Balaban J connectivity index is 1.39. The Bertz CT molecular complexity index is 772. The standard InChI is InChI=1S/C19H18N2O3/c1-10-2-4-11(5-3-10)16(22)20-21-17(23)14-12-6-7-13(15(14)18(21)24)19(12)8-9-19/h2-7,12-15H,8-9H2,1H3,(H,20,22)/t12-,13+,14-,15-/m0/s1. The molecule has 4 atom stereocenters. The zero-order valence-corrected chi connectivity index (χ0v) is 13.4. The lowest BCUT2D eigenvalue weighted by atomic mass is 9.85. The molecule has 2 bridgehead atoms. The summed E-state index contributed by atoms with van der Waals surface area (Å²) >= 11 is 0. The van der Waals surface area contributed by atoms with E-state index in [4.69, 9.17) is 0 Å². The van der Waals surface area contributed by atoms with E-state index in [0.717, 1.165) is 23.4 Å². The molecule has 24 heavy (non-hydrogen) atoms. The first kappa shape index (κ1) is 14.0. The van der Waals surface area contributed by atoms with Crippen molar-refractivity contribution in [2.45, 2.75) is 19.8 Å². The van der Waals surface area contributed by atoms with E-state index in [2.05, 4.69) is 17.6 Å². The molecule has 3 aliphatic carbocycles. The minimum Gasteiger partial charge on any atom is -0.272 e. The van der Waals surface area contributed by atoms with Gasteiger partial charge < -0.3 is 0 Å². The van der Waals surface area contributed by atoms with Crippen molar-refractivity contribution in [1.82, 2.24) is 10.4 Å². The maximum atomic E-state index is 12.8. The summed E-state index contributed by atoms with van der Waals surface area (Å²) in [5.74, 6) is -1.13. The van der Waals surface area contributed by atoms with E-state index in [0.29, 0.717) is 5.56 Å². The predicted molar refractivity (Wildman–Crippen MR) is 85.3 cm³/mol. The number of nitrogens with one attached hydrogen (secondary N) is 1. The van der Waals surface area contributed by atoms with Crippen LogP contribution in [-0.2, 0) is 9.59 Å². The Morgan fingerprint density at radius 2 is 1.58 bits per heavy atom. The van der Waals surface area contributed by atoms with Gasteiger partial charge in [0.25, 0.3) is 17.7 Å². The SMILES string of the molecule is Cc1ccc(C(=O)NN2C(=O)[C@@H]3[C@@H](C2=O)[C@@H]2C=C[C@H]3C23CC3)cc1. The Morgan fingerprint density at radius 1 is 1.04 bits per heavy atom. The van der Waals surface area contributed by atoms with Gasteiger partial charge in [0, 0.05) is 5.56 Å². The third-order valence-electron chi connectivity index (χ3n) is 6.38. The van der Waals surface area contributed by atoms with Crippen molar-refractivity contribution in [2.75, 3.05) is 0 Å². The molecule has 1 aromatic carbocycles. The number of benzene rings is 1. The van der Waals surface area contributed by atoms with Crippen molar-refractivity contribution in [3.8, 4) is 0 Å². The summed E-state index contributed by atoms with van der Waals surface area (Å²) in [6.45, 7) is 1.94. The summed E-state index contributed by atoms with van der Waals surface area (Å²) in [6.07, 6.45) is 6.46. The molecule has 0 aromatic heterocycles. The highest BCUT2D eigenvalue weighted by atomic mass is 16.2. The fraction of sp³-hybridized carbons (Fsp3) is 0.421. The summed E-state index contributed by atoms with van der Waals surface area (Å²) in [5.41, 5.74) is 4.19. The second kappa shape index (κ2) is 4.35.